The number of hydrogen-bond acceptors (Lipinski definition) is 7. The standard InChI is InChI=1S/C19H17N7O2/c1-11-8-13(25-28-11)10-27-19-14-6-5-12(9-16(14)26(2)24-19)21-18-17-15(22-23-18)4-3-7-20-17/h3-9H,10H2,1-2H3,(H2,21,22,23). The minimum absolute atomic E-state index is 0.300. The molecule has 0 aliphatic heterocycles. The Morgan fingerprint density at radius 2 is 2.18 bits per heavy atom. The lowest BCUT2D eigenvalue weighted by molar-refractivity contribution is 0.278. The maximum Gasteiger partial charge on any atom is 0.241 e. The molecule has 0 aliphatic carbocycles. The molecule has 9 nitrogen and oxygen atoms in total. The molecule has 1 aromatic carbocycles. The van der Waals surface area contributed by atoms with E-state index in [1.54, 1.807) is 10.9 Å². The fourth-order valence-electron chi connectivity index (χ4n) is 3.11. The summed E-state index contributed by atoms with van der Waals surface area (Å²) in [6.07, 6.45) is 1.74. The number of H-pyrrole nitrogens is 1. The third-order valence-corrected chi connectivity index (χ3v) is 4.43. The van der Waals surface area contributed by atoms with Crippen LogP contribution >= 0.6 is 0 Å². The van der Waals surface area contributed by atoms with Gasteiger partial charge in [-0.15, -0.1) is 5.10 Å². The molecule has 0 unspecified atom stereocenters. The van der Waals surface area contributed by atoms with Gasteiger partial charge in [0.15, 0.2) is 5.82 Å². The predicted octanol–water partition coefficient (Wildman–Crippen LogP) is 3.46. The van der Waals surface area contributed by atoms with Gasteiger partial charge < -0.3 is 14.6 Å². The molecule has 5 rings (SSSR count). The second kappa shape index (κ2) is 6.38. The Labute approximate surface area is 159 Å². The van der Waals surface area contributed by atoms with Crippen molar-refractivity contribution in [2.24, 2.45) is 7.05 Å². The summed E-state index contributed by atoms with van der Waals surface area (Å²) in [6, 6.07) is 11.6. The van der Waals surface area contributed by atoms with Gasteiger partial charge >= 0.3 is 0 Å². The summed E-state index contributed by atoms with van der Waals surface area (Å²) in [6.45, 7) is 2.15. The fraction of sp³-hybridized carbons (Fsp3) is 0.158. The van der Waals surface area contributed by atoms with Crippen LogP contribution in [0.2, 0.25) is 0 Å². The first-order valence-electron chi connectivity index (χ1n) is 8.75. The van der Waals surface area contributed by atoms with E-state index in [-0.39, 0.29) is 0 Å². The third kappa shape index (κ3) is 2.82. The number of pyridine rings is 1. The van der Waals surface area contributed by atoms with Gasteiger partial charge in [0.2, 0.25) is 5.88 Å². The molecule has 0 saturated heterocycles. The summed E-state index contributed by atoms with van der Waals surface area (Å²) < 4.78 is 12.7. The van der Waals surface area contributed by atoms with Crippen molar-refractivity contribution in [3.63, 3.8) is 0 Å². The molecule has 0 bridgehead atoms. The summed E-state index contributed by atoms with van der Waals surface area (Å²) in [4.78, 5) is 4.37. The van der Waals surface area contributed by atoms with Crippen molar-refractivity contribution in [2.75, 3.05) is 5.32 Å². The Morgan fingerprint density at radius 1 is 1.25 bits per heavy atom. The zero-order valence-corrected chi connectivity index (χ0v) is 15.3. The summed E-state index contributed by atoms with van der Waals surface area (Å²) in [5.74, 6) is 1.98. The topological polar surface area (TPSA) is 107 Å². The van der Waals surface area contributed by atoms with E-state index in [1.807, 2.05) is 50.4 Å². The molecule has 0 amide bonds. The zero-order chi connectivity index (χ0) is 19.1. The first kappa shape index (κ1) is 16.3. The van der Waals surface area contributed by atoms with Gasteiger partial charge in [0.05, 0.1) is 16.4 Å². The van der Waals surface area contributed by atoms with E-state index in [9.17, 15) is 0 Å². The molecule has 4 aromatic heterocycles. The molecular weight excluding hydrogens is 358 g/mol. The normalized spacial score (nSPS) is 11.4. The summed E-state index contributed by atoms with van der Waals surface area (Å²) in [5.41, 5.74) is 4.22. The van der Waals surface area contributed by atoms with Crippen molar-refractivity contribution in [3.8, 4) is 5.88 Å². The lowest BCUT2D eigenvalue weighted by Gasteiger charge is -2.04. The number of ether oxygens (including phenoxy) is 1. The Kier molecular flexibility index (Phi) is 3.71. The van der Waals surface area contributed by atoms with Crippen LogP contribution in [0.5, 0.6) is 5.88 Å². The SMILES string of the molecule is Cc1cc(COc2nn(C)c3cc(Nc4n[nH]c5cccnc45)ccc23)no1. The van der Waals surface area contributed by atoms with Crippen LogP contribution in [0.1, 0.15) is 11.5 Å². The van der Waals surface area contributed by atoms with Crippen molar-refractivity contribution >= 4 is 33.4 Å². The molecule has 0 saturated carbocycles. The van der Waals surface area contributed by atoms with E-state index >= 15 is 0 Å². The highest BCUT2D eigenvalue weighted by Crippen LogP contribution is 2.29. The quantitative estimate of drug-likeness (QED) is 0.484. The first-order valence-corrected chi connectivity index (χ1v) is 8.75. The molecule has 5 aromatic rings. The number of anilines is 2. The minimum atomic E-state index is 0.300. The Hall–Kier alpha value is -3.88. The van der Waals surface area contributed by atoms with Crippen LogP contribution in [0, 0.1) is 6.92 Å². The second-order valence-corrected chi connectivity index (χ2v) is 6.48. The number of aryl methyl sites for hydroxylation is 2. The van der Waals surface area contributed by atoms with E-state index in [1.165, 1.54) is 0 Å². The van der Waals surface area contributed by atoms with Crippen LogP contribution in [0.3, 0.4) is 0 Å². The van der Waals surface area contributed by atoms with E-state index in [2.05, 4.69) is 30.8 Å². The average molecular weight is 375 g/mol. The van der Waals surface area contributed by atoms with Crippen LogP contribution in [0.4, 0.5) is 11.5 Å². The molecule has 28 heavy (non-hydrogen) atoms. The fourth-order valence-corrected chi connectivity index (χ4v) is 3.11. The number of aromatic nitrogens is 6. The smallest absolute Gasteiger partial charge is 0.241 e. The van der Waals surface area contributed by atoms with Crippen molar-refractivity contribution in [1.29, 1.82) is 0 Å². The van der Waals surface area contributed by atoms with Crippen molar-refractivity contribution in [2.45, 2.75) is 13.5 Å². The van der Waals surface area contributed by atoms with Crippen molar-refractivity contribution in [1.82, 2.24) is 30.1 Å². The number of nitrogens with zero attached hydrogens (tertiary/aromatic N) is 5. The number of benzene rings is 1. The van der Waals surface area contributed by atoms with Crippen LogP contribution in [-0.2, 0) is 13.7 Å². The molecule has 2 N–H and O–H groups in total. The molecule has 0 spiro atoms. The van der Waals surface area contributed by atoms with E-state index in [0.717, 1.165) is 39.1 Å². The molecule has 0 atom stereocenters. The number of hydrogen-bond donors (Lipinski definition) is 2. The van der Waals surface area contributed by atoms with Crippen LogP contribution in [0.15, 0.2) is 47.1 Å². The largest absolute Gasteiger partial charge is 0.470 e. The second-order valence-electron chi connectivity index (χ2n) is 6.48. The molecule has 140 valence electrons. The third-order valence-electron chi connectivity index (χ3n) is 4.43. The maximum atomic E-state index is 5.84. The van der Waals surface area contributed by atoms with Gasteiger partial charge in [-0.25, -0.2) is 0 Å². The van der Waals surface area contributed by atoms with Gasteiger partial charge in [-0.2, -0.15) is 5.10 Å². The Balaban J connectivity index is 1.42. The molecule has 9 heteroatoms. The summed E-state index contributed by atoms with van der Waals surface area (Å²) in [5, 5.41) is 19.9. The minimum Gasteiger partial charge on any atom is -0.470 e. The van der Waals surface area contributed by atoms with E-state index in [0.29, 0.717) is 18.3 Å². The zero-order valence-electron chi connectivity index (χ0n) is 15.3. The van der Waals surface area contributed by atoms with Gasteiger partial charge in [-0.3, -0.25) is 14.8 Å². The molecule has 0 fully saturated rings. The van der Waals surface area contributed by atoms with Gasteiger partial charge in [0, 0.05) is 25.0 Å². The highest BCUT2D eigenvalue weighted by Gasteiger charge is 2.13. The van der Waals surface area contributed by atoms with Crippen molar-refractivity contribution in [3.05, 3.63) is 54.0 Å². The van der Waals surface area contributed by atoms with Gasteiger partial charge in [-0.05, 0) is 37.3 Å². The summed E-state index contributed by atoms with van der Waals surface area (Å²) >= 11 is 0. The van der Waals surface area contributed by atoms with Crippen LogP contribution in [0.25, 0.3) is 21.9 Å². The number of aromatic amines is 1. The number of nitrogens with one attached hydrogen (secondary N) is 2. The van der Waals surface area contributed by atoms with Crippen molar-refractivity contribution < 1.29 is 9.26 Å². The molecule has 0 aliphatic rings. The molecule has 4 heterocycles. The highest BCUT2D eigenvalue weighted by molar-refractivity contribution is 5.91. The monoisotopic (exact) mass is 375 g/mol. The Morgan fingerprint density at radius 3 is 3.04 bits per heavy atom. The number of rotatable bonds is 5. The molecule has 0 radical (unpaired) electrons. The molecular formula is C19H17N7O2. The van der Waals surface area contributed by atoms with Crippen LogP contribution in [-0.4, -0.2) is 30.1 Å². The predicted molar refractivity (Wildman–Crippen MR) is 103 cm³/mol. The maximum absolute atomic E-state index is 5.84. The van der Waals surface area contributed by atoms with Gasteiger partial charge in [0.1, 0.15) is 23.6 Å². The van der Waals surface area contributed by atoms with Crippen LogP contribution < -0.4 is 10.1 Å². The average Bonchev–Trinajstić information content (AvgIpc) is 3.39. The van der Waals surface area contributed by atoms with E-state index < -0.39 is 0 Å². The summed E-state index contributed by atoms with van der Waals surface area (Å²) in [7, 11) is 1.88. The van der Waals surface area contributed by atoms with Gasteiger partial charge in [0.25, 0.3) is 0 Å². The lowest BCUT2D eigenvalue weighted by atomic mass is 10.2. The van der Waals surface area contributed by atoms with Gasteiger partial charge in [-0.1, -0.05) is 5.16 Å². The number of fused-ring (bicyclic) bond motifs is 2. The lowest BCUT2D eigenvalue weighted by Crippen LogP contribution is -1.97. The Bertz CT molecular complexity index is 1280. The first-order chi connectivity index (χ1) is 13.7. The highest BCUT2D eigenvalue weighted by atomic mass is 16.5. The van der Waals surface area contributed by atoms with E-state index in [4.69, 9.17) is 9.26 Å².